The molecule has 0 aromatic heterocycles. The van der Waals surface area contributed by atoms with Gasteiger partial charge in [0.1, 0.15) is 0 Å². The standard InChI is InChI=1S/C11H12NO.CH3.Li/c1-4-12-11-6-8(2)10(7-13)5-9(11)3;;/h4-6H,1-3H3;1H3;/q2*-1;+1. The second-order valence-electron chi connectivity index (χ2n) is 2.94. The third-order valence-corrected chi connectivity index (χ3v) is 1.92. The van der Waals surface area contributed by atoms with Crippen LogP contribution in [0, 0.1) is 21.3 Å². The number of hydrogen-bond acceptors (Lipinski definition) is 2. The molecular formula is C12H15LiNO-. The number of carbonyl (C=O) groups excluding carboxylic acids is 1. The normalized spacial score (nSPS) is 9.27. The molecule has 3 heteroatoms. The largest absolute Gasteiger partial charge is 1.00 e. The molecule has 0 spiro atoms. The summed E-state index contributed by atoms with van der Waals surface area (Å²) in [6.07, 6.45) is 3.65. The molecule has 0 aliphatic rings. The molecule has 0 unspecified atom stereocenters. The number of nitrogens with zero attached hydrogens (tertiary/aromatic N) is 1. The molecule has 0 amide bonds. The quantitative estimate of drug-likeness (QED) is 0.370. The van der Waals surface area contributed by atoms with Crippen LogP contribution in [0.4, 0.5) is 5.69 Å². The van der Waals surface area contributed by atoms with Crippen LogP contribution in [0.1, 0.15) is 23.6 Å². The fourth-order valence-electron chi connectivity index (χ4n) is 1.19. The van der Waals surface area contributed by atoms with Crippen molar-refractivity contribution in [3.63, 3.8) is 0 Å². The van der Waals surface area contributed by atoms with Crippen molar-refractivity contribution in [2.75, 3.05) is 0 Å². The van der Waals surface area contributed by atoms with Gasteiger partial charge in [0.2, 0.25) is 0 Å². The van der Waals surface area contributed by atoms with Gasteiger partial charge in [-0.25, -0.2) is 0 Å². The van der Waals surface area contributed by atoms with E-state index >= 15 is 0 Å². The maximum atomic E-state index is 10.5. The average Bonchev–Trinajstić information content (AvgIpc) is 2.11. The van der Waals surface area contributed by atoms with Crippen LogP contribution in [-0.4, -0.2) is 12.5 Å². The van der Waals surface area contributed by atoms with E-state index < -0.39 is 0 Å². The Bertz CT molecular complexity index is 359. The molecule has 0 fully saturated rings. The molecule has 0 radical (unpaired) electrons. The zero-order valence-corrected chi connectivity index (χ0v) is 10.1. The SMILES string of the molecule is CC=Nc1cc(C)c([C-]=O)cc1C.[CH3-].[Li+]. The summed E-state index contributed by atoms with van der Waals surface area (Å²) in [5.74, 6) is 0. The van der Waals surface area contributed by atoms with Gasteiger partial charge in [-0.15, -0.1) is 11.1 Å². The number of aryl methyl sites for hydroxylation is 2. The first kappa shape index (κ1) is 16.6. The molecule has 0 saturated carbocycles. The zero-order valence-electron chi connectivity index (χ0n) is 10.1. The second-order valence-corrected chi connectivity index (χ2v) is 2.94. The van der Waals surface area contributed by atoms with Crippen LogP contribution in [0.5, 0.6) is 0 Å². The van der Waals surface area contributed by atoms with E-state index in [4.69, 9.17) is 0 Å². The molecule has 2 nitrogen and oxygen atoms in total. The molecule has 0 N–H and O–H groups in total. The first-order valence-electron chi connectivity index (χ1n) is 4.17. The third-order valence-electron chi connectivity index (χ3n) is 1.92. The van der Waals surface area contributed by atoms with Gasteiger partial charge in [0, 0.05) is 11.9 Å². The Labute approximate surface area is 104 Å². The van der Waals surface area contributed by atoms with Crippen LogP contribution in [0.3, 0.4) is 0 Å². The molecule has 0 bridgehead atoms. The summed E-state index contributed by atoms with van der Waals surface area (Å²) in [5.41, 5.74) is 3.45. The minimum atomic E-state index is 0. The number of hydrogen-bond donors (Lipinski definition) is 0. The van der Waals surface area contributed by atoms with Crippen LogP contribution in [0.15, 0.2) is 17.1 Å². The monoisotopic (exact) mass is 196 g/mol. The van der Waals surface area contributed by atoms with E-state index in [9.17, 15) is 4.79 Å². The van der Waals surface area contributed by atoms with E-state index in [-0.39, 0.29) is 26.3 Å². The topological polar surface area (TPSA) is 29.4 Å². The van der Waals surface area contributed by atoms with E-state index in [1.54, 1.807) is 6.21 Å². The summed E-state index contributed by atoms with van der Waals surface area (Å²) < 4.78 is 0. The van der Waals surface area contributed by atoms with Crippen LogP contribution in [0.25, 0.3) is 0 Å². The Morgan fingerprint density at radius 3 is 2.33 bits per heavy atom. The molecule has 76 valence electrons. The van der Waals surface area contributed by atoms with Gasteiger partial charge in [0.05, 0.1) is 6.29 Å². The van der Waals surface area contributed by atoms with Crippen molar-refractivity contribution in [2.45, 2.75) is 20.8 Å². The minimum Gasteiger partial charge on any atom is -0.376 e. The molecule has 0 heterocycles. The minimum absolute atomic E-state index is 0. The first-order chi connectivity index (χ1) is 6.19. The summed E-state index contributed by atoms with van der Waals surface area (Å²) in [7, 11) is 0. The predicted octanol–water partition coefficient (Wildman–Crippen LogP) is -0.0623. The smallest absolute Gasteiger partial charge is 0.376 e. The Morgan fingerprint density at radius 2 is 1.87 bits per heavy atom. The van der Waals surface area contributed by atoms with Crippen LogP contribution < -0.4 is 18.9 Å². The Morgan fingerprint density at radius 1 is 1.27 bits per heavy atom. The maximum absolute atomic E-state index is 10.5. The average molecular weight is 196 g/mol. The molecule has 1 rings (SSSR count). The van der Waals surface area contributed by atoms with Gasteiger partial charge < -0.3 is 12.2 Å². The molecule has 0 atom stereocenters. The van der Waals surface area contributed by atoms with Gasteiger partial charge in [0.25, 0.3) is 0 Å². The number of rotatable bonds is 2. The third kappa shape index (κ3) is 4.03. The summed E-state index contributed by atoms with van der Waals surface area (Å²) in [4.78, 5) is 14.7. The van der Waals surface area contributed by atoms with Crippen molar-refractivity contribution >= 4 is 18.2 Å². The van der Waals surface area contributed by atoms with Crippen LogP contribution >= 0.6 is 0 Å². The van der Waals surface area contributed by atoms with Crippen molar-refractivity contribution in [1.29, 1.82) is 0 Å². The Balaban J connectivity index is 0. The van der Waals surface area contributed by atoms with Gasteiger partial charge in [-0.1, -0.05) is 18.6 Å². The summed E-state index contributed by atoms with van der Waals surface area (Å²) in [6, 6.07) is 3.71. The van der Waals surface area contributed by atoms with E-state index in [0.717, 1.165) is 16.8 Å². The van der Waals surface area contributed by atoms with Gasteiger partial charge in [-0.2, -0.15) is 6.07 Å². The van der Waals surface area contributed by atoms with Crippen LogP contribution in [-0.2, 0) is 4.79 Å². The molecular weight excluding hydrogens is 181 g/mol. The van der Waals surface area contributed by atoms with E-state index in [0.29, 0.717) is 5.56 Å². The first-order valence-corrected chi connectivity index (χ1v) is 4.17. The van der Waals surface area contributed by atoms with Crippen molar-refractivity contribution in [3.05, 3.63) is 36.2 Å². The molecule has 0 saturated heterocycles. The van der Waals surface area contributed by atoms with Crippen molar-refractivity contribution in [2.24, 2.45) is 4.99 Å². The molecule has 0 aliphatic heterocycles. The van der Waals surface area contributed by atoms with Gasteiger partial charge in [-0.05, 0) is 13.8 Å². The fourth-order valence-corrected chi connectivity index (χ4v) is 1.19. The van der Waals surface area contributed by atoms with Crippen molar-refractivity contribution in [3.8, 4) is 0 Å². The van der Waals surface area contributed by atoms with E-state index in [2.05, 4.69) is 4.99 Å². The van der Waals surface area contributed by atoms with Crippen LogP contribution in [0.2, 0.25) is 0 Å². The maximum Gasteiger partial charge on any atom is 1.00 e. The summed E-state index contributed by atoms with van der Waals surface area (Å²) in [6.45, 7) is 5.69. The fraction of sp³-hybridized carbons (Fsp3) is 0.250. The Kier molecular flexibility index (Phi) is 8.23. The van der Waals surface area contributed by atoms with E-state index in [1.807, 2.05) is 39.2 Å². The number of benzene rings is 1. The van der Waals surface area contributed by atoms with Gasteiger partial charge in [0.15, 0.2) is 0 Å². The predicted molar refractivity (Wildman–Crippen MR) is 61.0 cm³/mol. The number of aliphatic imine (C=N–C) groups is 1. The summed E-state index contributed by atoms with van der Waals surface area (Å²) in [5, 5.41) is 0. The second kappa shape index (κ2) is 7.45. The molecule has 1 aromatic rings. The van der Waals surface area contributed by atoms with Gasteiger partial charge >= 0.3 is 18.9 Å². The van der Waals surface area contributed by atoms with Crippen molar-refractivity contribution < 1.29 is 23.7 Å². The molecule has 15 heavy (non-hydrogen) atoms. The molecule has 0 aliphatic carbocycles. The summed E-state index contributed by atoms with van der Waals surface area (Å²) >= 11 is 0. The van der Waals surface area contributed by atoms with E-state index in [1.165, 1.54) is 0 Å². The molecule has 1 aromatic carbocycles. The zero-order chi connectivity index (χ0) is 9.84. The van der Waals surface area contributed by atoms with Gasteiger partial charge in [-0.3, -0.25) is 4.99 Å². The Hall–Kier alpha value is -0.843. The van der Waals surface area contributed by atoms with Crippen molar-refractivity contribution in [1.82, 2.24) is 0 Å².